The van der Waals surface area contributed by atoms with Gasteiger partial charge in [-0.05, 0) is 31.5 Å². The summed E-state index contributed by atoms with van der Waals surface area (Å²) in [6.45, 7) is 3.56. The molecule has 0 saturated heterocycles. The van der Waals surface area contributed by atoms with Gasteiger partial charge in [-0.15, -0.1) is 0 Å². The monoisotopic (exact) mass is 414 g/mol. The molecule has 1 heterocycles. The molecule has 1 atom stereocenters. The first kappa shape index (κ1) is 22.5. The van der Waals surface area contributed by atoms with E-state index < -0.39 is 36.6 Å². The van der Waals surface area contributed by atoms with Gasteiger partial charge in [0.25, 0.3) is 0 Å². The summed E-state index contributed by atoms with van der Waals surface area (Å²) in [6.07, 6.45) is -3.23. The average Bonchev–Trinajstić information content (AvgIpc) is 3.05. The number of aliphatic hydroxyl groups is 1. The summed E-state index contributed by atoms with van der Waals surface area (Å²) in [5.41, 5.74) is -2.39. The number of hydrogen-bond donors (Lipinski definition) is 3. The number of benzene rings is 1. The Hall–Kier alpha value is -2.75. The van der Waals surface area contributed by atoms with Crippen LogP contribution in [-0.4, -0.2) is 39.5 Å². The first-order valence-electron chi connectivity index (χ1n) is 9.07. The number of imidazole rings is 1. The number of carbonyl (C=O) groups excluding carboxylic acids is 1. The lowest BCUT2D eigenvalue weighted by atomic mass is 9.97. The lowest BCUT2D eigenvalue weighted by molar-refractivity contribution is -0.272. The van der Waals surface area contributed by atoms with Crippen LogP contribution in [0.2, 0.25) is 0 Å². The van der Waals surface area contributed by atoms with Gasteiger partial charge in [0.2, 0.25) is 5.60 Å². The number of urea groups is 1. The Labute approximate surface area is 166 Å². The zero-order valence-electron chi connectivity index (χ0n) is 16.5. The van der Waals surface area contributed by atoms with E-state index in [0.717, 1.165) is 10.1 Å². The van der Waals surface area contributed by atoms with Crippen molar-refractivity contribution in [2.75, 3.05) is 6.54 Å². The summed E-state index contributed by atoms with van der Waals surface area (Å²) < 4.78 is 46.9. The van der Waals surface area contributed by atoms with Crippen LogP contribution in [0.25, 0.3) is 0 Å². The average molecular weight is 414 g/mol. The maximum absolute atomic E-state index is 13.4. The van der Waals surface area contributed by atoms with Crippen LogP contribution in [0.3, 0.4) is 0 Å². The van der Waals surface area contributed by atoms with Gasteiger partial charge < -0.3 is 25.0 Å². The molecule has 3 N–H and O–H groups in total. The van der Waals surface area contributed by atoms with Crippen LogP contribution in [-0.2, 0) is 19.2 Å². The van der Waals surface area contributed by atoms with Gasteiger partial charge in [-0.1, -0.05) is 12.1 Å². The number of carbonyl (C=O) groups is 1. The Morgan fingerprint density at radius 1 is 1.31 bits per heavy atom. The molecule has 160 valence electrons. The van der Waals surface area contributed by atoms with E-state index in [1.165, 1.54) is 19.4 Å². The van der Waals surface area contributed by atoms with E-state index in [0.29, 0.717) is 5.75 Å². The molecule has 1 aromatic heterocycles. The smallest absolute Gasteiger partial charge is 0.424 e. The highest BCUT2D eigenvalue weighted by Gasteiger charge is 2.57. The van der Waals surface area contributed by atoms with Gasteiger partial charge in [0.05, 0.1) is 6.10 Å². The van der Waals surface area contributed by atoms with Crippen LogP contribution in [0.5, 0.6) is 5.75 Å². The molecule has 0 radical (unpaired) electrons. The van der Waals surface area contributed by atoms with Crippen LogP contribution in [0.15, 0.2) is 36.7 Å². The topological polar surface area (TPSA) is 88.4 Å². The van der Waals surface area contributed by atoms with Crippen molar-refractivity contribution in [1.29, 1.82) is 0 Å². The standard InChI is InChI=1S/C19H25F3N4O3/c1-13(2)29-15-6-4-5-14(11-15)12-25-17(27)24-8-7-18(28,19(20,21)22)16-23-9-10-26(16)3/h4-6,9-11,13,28H,7-8,12H2,1-3H3,(H2,24,25,27). The Morgan fingerprint density at radius 2 is 2.03 bits per heavy atom. The molecule has 0 saturated carbocycles. The zero-order chi connectivity index (χ0) is 21.7. The van der Waals surface area contributed by atoms with Gasteiger partial charge >= 0.3 is 12.2 Å². The molecule has 2 rings (SSSR count). The van der Waals surface area contributed by atoms with Crippen LogP contribution in [0.4, 0.5) is 18.0 Å². The highest BCUT2D eigenvalue weighted by Crippen LogP contribution is 2.40. The van der Waals surface area contributed by atoms with Gasteiger partial charge in [-0.25, -0.2) is 9.78 Å². The minimum absolute atomic E-state index is 0.00704. The second-order valence-electron chi connectivity index (χ2n) is 6.89. The first-order valence-corrected chi connectivity index (χ1v) is 9.07. The van der Waals surface area contributed by atoms with Gasteiger partial charge in [-0.3, -0.25) is 0 Å². The number of nitrogens with one attached hydrogen (secondary N) is 2. The molecule has 0 aliphatic rings. The fourth-order valence-corrected chi connectivity index (χ4v) is 2.75. The highest BCUT2D eigenvalue weighted by molar-refractivity contribution is 5.73. The van der Waals surface area contributed by atoms with Gasteiger partial charge in [0.1, 0.15) is 11.6 Å². The summed E-state index contributed by atoms with van der Waals surface area (Å²) >= 11 is 0. The first-order chi connectivity index (χ1) is 13.5. The van der Waals surface area contributed by atoms with Crippen molar-refractivity contribution < 1.29 is 27.8 Å². The Kier molecular flexibility index (Phi) is 7.12. The van der Waals surface area contributed by atoms with Crippen molar-refractivity contribution in [3.8, 4) is 5.75 Å². The fourth-order valence-electron chi connectivity index (χ4n) is 2.75. The maximum atomic E-state index is 13.4. The quantitative estimate of drug-likeness (QED) is 0.620. The maximum Gasteiger partial charge on any atom is 0.424 e. The van der Waals surface area contributed by atoms with E-state index in [-0.39, 0.29) is 12.6 Å². The Balaban J connectivity index is 1.89. The largest absolute Gasteiger partial charge is 0.491 e. The molecule has 7 nitrogen and oxygen atoms in total. The zero-order valence-corrected chi connectivity index (χ0v) is 16.5. The number of hydrogen-bond acceptors (Lipinski definition) is 4. The molecule has 1 unspecified atom stereocenters. The van der Waals surface area contributed by atoms with Crippen LogP contribution >= 0.6 is 0 Å². The van der Waals surface area contributed by atoms with Crippen molar-refractivity contribution in [3.05, 3.63) is 48.0 Å². The van der Waals surface area contributed by atoms with Crippen molar-refractivity contribution in [1.82, 2.24) is 20.2 Å². The van der Waals surface area contributed by atoms with Crippen molar-refractivity contribution in [3.63, 3.8) is 0 Å². The summed E-state index contributed by atoms with van der Waals surface area (Å²) in [4.78, 5) is 15.5. The Morgan fingerprint density at radius 3 is 2.62 bits per heavy atom. The minimum Gasteiger partial charge on any atom is -0.491 e. The third kappa shape index (κ3) is 5.86. The number of nitrogens with zero attached hydrogens (tertiary/aromatic N) is 2. The minimum atomic E-state index is -4.94. The number of alkyl halides is 3. The SMILES string of the molecule is CC(C)Oc1cccc(CNC(=O)NCCC(O)(c2nccn2C)C(F)(F)F)c1. The normalized spacial score (nSPS) is 13.8. The number of aromatic nitrogens is 2. The molecular formula is C19H25F3N4O3. The fraction of sp³-hybridized carbons (Fsp3) is 0.474. The number of halogens is 3. The summed E-state index contributed by atoms with van der Waals surface area (Å²) in [6, 6.07) is 6.48. The van der Waals surface area contributed by atoms with Gasteiger partial charge in [0, 0.05) is 39.0 Å². The number of rotatable bonds is 8. The number of aryl methyl sites for hydroxylation is 1. The summed E-state index contributed by atoms with van der Waals surface area (Å²) in [5.74, 6) is 0.124. The number of amides is 2. The van der Waals surface area contributed by atoms with E-state index in [2.05, 4.69) is 15.6 Å². The van der Waals surface area contributed by atoms with Crippen molar-refractivity contribution >= 4 is 6.03 Å². The molecule has 10 heteroatoms. The molecule has 0 spiro atoms. The van der Waals surface area contributed by atoms with E-state index in [1.807, 2.05) is 13.8 Å². The lowest BCUT2D eigenvalue weighted by Gasteiger charge is -2.29. The third-order valence-electron chi connectivity index (χ3n) is 4.16. The molecule has 2 amide bonds. The molecule has 0 bridgehead atoms. The molecule has 0 aliphatic heterocycles. The second kappa shape index (κ2) is 9.17. The second-order valence-corrected chi connectivity index (χ2v) is 6.89. The predicted octanol–water partition coefficient (Wildman–Crippen LogP) is 2.85. The molecule has 2 aromatic rings. The van der Waals surface area contributed by atoms with Crippen molar-refractivity contribution in [2.24, 2.45) is 7.05 Å². The van der Waals surface area contributed by atoms with Crippen LogP contribution in [0.1, 0.15) is 31.7 Å². The molecule has 0 fully saturated rings. The summed E-state index contributed by atoms with van der Waals surface area (Å²) in [5, 5.41) is 15.1. The van der Waals surface area contributed by atoms with E-state index in [9.17, 15) is 23.1 Å². The predicted molar refractivity (Wildman–Crippen MR) is 100 cm³/mol. The third-order valence-corrected chi connectivity index (χ3v) is 4.16. The lowest BCUT2D eigenvalue weighted by Crippen LogP contribution is -2.47. The number of ether oxygens (including phenoxy) is 1. The van der Waals surface area contributed by atoms with Crippen LogP contribution in [0, 0.1) is 0 Å². The summed E-state index contributed by atoms with van der Waals surface area (Å²) in [7, 11) is 1.36. The molecule has 29 heavy (non-hydrogen) atoms. The van der Waals surface area contributed by atoms with E-state index in [1.54, 1.807) is 24.3 Å². The van der Waals surface area contributed by atoms with Crippen LogP contribution < -0.4 is 15.4 Å². The van der Waals surface area contributed by atoms with E-state index >= 15 is 0 Å². The highest BCUT2D eigenvalue weighted by atomic mass is 19.4. The molecular weight excluding hydrogens is 389 g/mol. The van der Waals surface area contributed by atoms with Gasteiger partial charge in [-0.2, -0.15) is 13.2 Å². The molecule has 1 aromatic carbocycles. The van der Waals surface area contributed by atoms with Crippen molar-refractivity contribution in [2.45, 2.75) is 44.7 Å². The Bertz CT molecular complexity index is 823. The molecule has 0 aliphatic carbocycles. The van der Waals surface area contributed by atoms with E-state index in [4.69, 9.17) is 4.74 Å². The van der Waals surface area contributed by atoms with Gasteiger partial charge in [0.15, 0.2) is 0 Å².